The second-order valence-electron chi connectivity index (χ2n) is 9.36. The highest BCUT2D eigenvalue weighted by molar-refractivity contribution is 8.00. The van der Waals surface area contributed by atoms with Gasteiger partial charge in [-0.3, -0.25) is 19.3 Å². The molecule has 7 rings (SSSR count). The fourth-order valence-electron chi connectivity index (χ4n) is 6.90. The van der Waals surface area contributed by atoms with Crippen LogP contribution in [0.2, 0.25) is 5.02 Å². The summed E-state index contributed by atoms with van der Waals surface area (Å²) in [4.78, 5) is 45.0. The summed E-state index contributed by atoms with van der Waals surface area (Å²) in [7, 11) is 0. The Hall–Kier alpha value is -2.35. The Kier molecular flexibility index (Phi) is 4.30. The molecule has 3 fully saturated rings. The van der Waals surface area contributed by atoms with E-state index >= 15 is 0 Å². The van der Waals surface area contributed by atoms with Gasteiger partial charge in [-0.2, -0.15) is 0 Å². The number of carbonyl (C=O) groups is 2. The van der Waals surface area contributed by atoms with E-state index in [1.165, 1.54) is 21.8 Å². The number of nitrogens with zero attached hydrogens (tertiary/aromatic N) is 1. The van der Waals surface area contributed by atoms with Crippen LogP contribution in [0.5, 0.6) is 0 Å². The maximum atomic E-state index is 13.7. The van der Waals surface area contributed by atoms with Crippen LogP contribution in [0.1, 0.15) is 22.8 Å². The van der Waals surface area contributed by atoms with E-state index in [1.54, 1.807) is 36.0 Å². The molecule has 8 heteroatoms. The van der Waals surface area contributed by atoms with Crippen molar-refractivity contribution in [2.45, 2.75) is 22.6 Å². The van der Waals surface area contributed by atoms with Crippen LogP contribution in [0.15, 0.2) is 64.4 Å². The van der Waals surface area contributed by atoms with Gasteiger partial charge in [0.1, 0.15) is 0 Å². The van der Waals surface area contributed by atoms with E-state index in [2.05, 4.69) is 17.1 Å². The molecule has 3 heterocycles. The van der Waals surface area contributed by atoms with Crippen molar-refractivity contribution in [2.75, 3.05) is 4.90 Å². The number of benzene rings is 2. The molecule has 33 heavy (non-hydrogen) atoms. The van der Waals surface area contributed by atoms with Gasteiger partial charge in [-0.25, -0.2) is 0 Å². The average Bonchev–Trinajstić information content (AvgIpc) is 3.54. The van der Waals surface area contributed by atoms with Crippen molar-refractivity contribution in [3.8, 4) is 0 Å². The van der Waals surface area contributed by atoms with Gasteiger partial charge in [0, 0.05) is 21.1 Å². The summed E-state index contributed by atoms with van der Waals surface area (Å²) < 4.78 is 0. The normalized spacial score (nSPS) is 33.8. The molecule has 5 nitrogen and oxygen atoms in total. The molecule has 1 saturated heterocycles. The third-order valence-corrected chi connectivity index (χ3v) is 10.8. The minimum atomic E-state index is -0.288. The summed E-state index contributed by atoms with van der Waals surface area (Å²) in [5.74, 6) is -0.181. The molecule has 166 valence electrons. The number of anilines is 1. The van der Waals surface area contributed by atoms with Crippen LogP contribution in [0.4, 0.5) is 5.69 Å². The molecule has 1 aromatic heterocycles. The number of rotatable bonds is 2. The number of aromatic amines is 1. The fraction of sp³-hybridized carbons (Fsp3) is 0.320. The van der Waals surface area contributed by atoms with Crippen LogP contribution >= 0.6 is 34.7 Å². The van der Waals surface area contributed by atoms with Crippen LogP contribution in [0, 0.1) is 29.6 Å². The maximum absolute atomic E-state index is 13.7. The summed E-state index contributed by atoms with van der Waals surface area (Å²) in [5.41, 5.74) is 1.78. The van der Waals surface area contributed by atoms with Crippen molar-refractivity contribution in [1.29, 1.82) is 0 Å². The molecule has 2 aromatic carbocycles. The lowest BCUT2D eigenvalue weighted by molar-refractivity contribution is -0.123. The summed E-state index contributed by atoms with van der Waals surface area (Å²) in [6, 6.07) is 17.2. The number of amides is 2. The highest BCUT2D eigenvalue weighted by Crippen LogP contribution is 2.68. The van der Waals surface area contributed by atoms with Gasteiger partial charge in [0.15, 0.2) is 0 Å². The third-order valence-electron chi connectivity index (χ3n) is 7.97. The number of aromatic nitrogens is 1. The first-order chi connectivity index (χ1) is 16.0. The van der Waals surface area contributed by atoms with Gasteiger partial charge in [0.05, 0.1) is 22.5 Å². The average molecular weight is 495 g/mol. The molecule has 2 saturated carbocycles. The van der Waals surface area contributed by atoms with Crippen molar-refractivity contribution in [1.82, 2.24) is 4.98 Å². The molecule has 2 aliphatic heterocycles. The Morgan fingerprint density at radius 2 is 1.61 bits per heavy atom. The number of nitrogens with one attached hydrogen (secondary N) is 1. The molecule has 3 aromatic rings. The van der Waals surface area contributed by atoms with Gasteiger partial charge in [-0.05, 0) is 54.0 Å². The molecule has 7 atom stereocenters. The number of carbonyl (C=O) groups excluding carboxylic acids is 2. The van der Waals surface area contributed by atoms with E-state index in [0.29, 0.717) is 10.7 Å². The van der Waals surface area contributed by atoms with Crippen molar-refractivity contribution >= 4 is 52.2 Å². The van der Waals surface area contributed by atoms with Gasteiger partial charge >= 0.3 is 4.87 Å². The van der Waals surface area contributed by atoms with Crippen LogP contribution in [-0.2, 0) is 9.59 Å². The van der Waals surface area contributed by atoms with E-state index in [9.17, 15) is 14.4 Å². The minimum Gasteiger partial charge on any atom is -0.307 e. The molecular weight excluding hydrogens is 476 g/mol. The minimum absolute atomic E-state index is 0.0398. The molecule has 0 radical (unpaired) electrons. The van der Waals surface area contributed by atoms with Crippen molar-refractivity contribution in [3.05, 3.63) is 79.7 Å². The second kappa shape index (κ2) is 7.08. The maximum Gasteiger partial charge on any atom is 0.305 e. The number of imide groups is 1. The number of hydrogen-bond acceptors (Lipinski definition) is 5. The highest BCUT2D eigenvalue weighted by atomic mass is 35.5. The molecule has 2 aliphatic carbocycles. The fourth-order valence-corrected chi connectivity index (χ4v) is 9.91. The first-order valence-electron chi connectivity index (χ1n) is 11.1. The van der Waals surface area contributed by atoms with Crippen molar-refractivity contribution in [3.63, 3.8) is 0 Å². The zero-order valence-electron chi connectivity index (χ0n) is 17.3. The van der Waals surface area contributed by atoms with Gasteiger partial charge < -0.3 is 4.98 Å². The Balaban J connectivity index is 1.33. The number of H-pyrrole nitrogens is 1. The van der Waals surface area contributed by atoms with E-state index < -0.39 is 0 Å². The number of thioether (sulfide) groups is 1. The van der Waals surface area contributed by atoms with E-state index in [1.807, 2.05) is 18.2 Å². The number of fused-ring (bicyclic) bond motifs is 9. The molecule has 4 aliphatic rings. The Bertz CT molecular complexity index is 1350. The van der Waals surface area contributed by atoms with E-state index in [4.69, 9.17) is 11.6 Å². The van der Waals surface area contributed by atoms with E-state index in [-0.39, 0.29) is 57.4 Å². The lowest BCUT2D eigenvalue weighted by Gasteiger charge is -2.43. The topological polar surface area (TPSA) is 70.2 Å². The van der Waals surface area contributed by atoms with Crippen LogP contribution in [-0.4, -0.2) is 22.0 Å². The first kappa shape index (κ1) is 20.1. The van der Waals surface area contributed by atoms with Gasteiger partial charge in [0.2, 0.25) is 11.8 Å². The zero-order chi connectivity index (χ0) is 22.4. The molecule has 2 amide bonds. The van der Waals surface area contributed by atoms with E-state index in [0.717, 1.165) is 16.3 Å². The standard InChI is InChI=1S/C25H19ClN2O3S2/c26-12-6-8-13(9-7-12)28-23(29)18-14-10-15(19(18)24(28)30)20-17(14)16(11-4-2-1-3-5-11)21-22(32-20)27-25(31)33-21/h1-9,14-20H,10H2,(H,27,31)/t14-,15-,16-,17-,18+,19-,20-/m1/s1. The first-order valence-corrected chi connectivity index (χ1v) is 13.2. The van der Waals surface area contributed by atoms with Gasteiger partial charge in [0.25, 0.3) is 0 Å². The van der Waals surface area contributed by atoms with Crippen LogP contribution < -0.4 is 9.77 Å². The lowest BCUT2D eigenvalue weighted by Crippen LogP contribution is -2.42. The molecule has 0 unspecified atom stereocenters. The monoisotopic (exact) mass is 494 g/mol. The van der Waals surface area contributed by atoms with Crippen LogP contribution in [0.25, 0.3) is 0 Å². The largest absolute Gasteiger partial charge is 0.307 e. The highest BCUT2D eigenvalue weighted by Gasteiger charge is 2.69. The number of thiazole rings is 1. The third kappa shape index (κ3) is 2.70. The molecule has 0 spiro atoms. The van der Waals surface area contributed by atoms with Crippen molar-refractivity contribution in [2.24, 2.45) is 29.6 Å². The quantitative estimate of drug-likeness (QED) is 0.521. The summed E-state index contributed by atoms with van der Waals surface area (Å²) >= 11 is 9.03. The van der Waals surface area contributed by atoms with Crippen molar-refractivity contribution < 1.29 is 9.59 Å². The Labute approximate surface area is 203 Å². The molecule has 2 bridgehead atoms. The zero-order valence-corrected chi connectivity index (χ0v) is 19.7. The Morgan fingerprint density at radius 3 is 2.33 bits per heavy atom. The predicted octanol–water partition coefficient (Wildman–Crippen LogP) is 4.77. The Morgan fingerprint density at radius 1 is 0.909 bits per heavy atom. The lowest BCUT2D eigenvalue weighted by atomic mass is 9.68. The van der Waals surface area contributed by atoms with Gasteiger partial charge in [-0.15, -0.1) is 11.8 Å². The SMILES string of the molecule is O=C1[C@@H]2[C@H]3C[C@@H]([C@@H]2C(=O)N1c1ccc(Cl)cc1)[C@@H]1[C@@H](c2ccccc2)c2sc(=O)[nH]c2S[C@H]31. The number of halogens is 1. The summed E-state index contributed by atoms with van der Waals surface area (Å²) in [6.45, 7) is 0. The number of hydrogen-bond donors (Lipinski definition) is 1. The molecular formula is C25H19ClN2O3S2. The van der Waals surface area contributed by atoms with Gasteiger partial charge in [-0.1, -0.05) is 53.3 Å². The smallest absolute Gasteiger partial charge is 0.305 e. The summed E-state index contributed by atoms with van der Waals surface area (Å²) in [6.07, 6.45) is 0.895. The molecule has 1 N–H and O–H groups in total. The predicted molar refractivity (Wildman–Crippen MR) is 129 cm³/mol. The summed E-state index contributed by atoms with van der Waals surface area (Å²) in [5, 5.41) is 1.73. The van der Waals surface area contributed by atoms with Crippen LogP contribution in [0.3, 0.4) is 0 Å². The second-order valence-corrected chi connectivity index (χ2v) is 12.0.